The maximum atomic E-state index is 13.1. The Morgan fingerprint density at radius 1 is 0.652 bits per heavy atom. The second-order valence-corrected chi connectivity index (χ2v) is 8.35. The van der Waals surface area contributed by atoms with E-state index in [2.05, 4.69) is 23.7 Å². The summed E-state index contributed by atoms with van der Waals surface area (Å²) in [5.41, 5.74) is -0.663. The number of ether oxygens (including phenoxy) is 7. The maximum Gasteiger partial charge on any atom is 0.490 e. The molecule has 0 aromatic heterocycles. The fraction of sp³-hybridized carbons (Fsp3) is 0.500. The zero-order valence-corrected chi connectivity index (χ0v) is 21.8. The molecule has 5 atom stereocenters. The van der Waals surface area contributed by atoms with E-state index in [0.29, 0.717) is 0 Å². The van der Waals surface area contributed by atoms with Crippen molar-refractivity contribution in [2.24, 2.45) is 0 Å². The van der Waals surface area contributed by atoms with Crippen LogP contribution < -0.4 is 4.74 Å². The van der Waals surface area contributed by atoms with Crippen molar-refractivity contribution < 1.29 is 110 Å². The summed E-state index contributed by atoms with van der Waals surface area (Å²) in [6, 6.07) is 3.81. The highest BCUT2D eigenvalue weighted by atomic mass is 19.4. The number of rotatable bonds is 8. The summed E-state index contributed by atoms with van der Waals surface area (Å²) in [6.07, 6.45) is -40.2. The van der Waals surface area contributed by atoms with Gasteiger partial charge in [-0.25, -0.2) is 24.0 Å². The number of methoxy groups -OCH3 is 1. The van der Waals surface area contributed by atoms with Gasteiger partial charge in [-0.2, -0.15) is 52.7 Å². The molecule has 1 fully saturated rings. The van der Waals surface area contributed by atoms with Gasteiger partial charge in [0.15, 0.2) is 12.2 Å². The largest absolute Gasteiger partial charge is 0.490 e. The number of para-hydroxylation sites is 1. The van der Waals surface area contributed by atoms with Gasteiger partial charge in [-0.15, -0.1) is 0 Å². The van der Waals surface area contributed by atoms with Gasteiger partial charge in [-0.1, -0.05) is 12.1 Å². The topological polar surface area (TPSA) is 150 Å². The quantitative estimate of drug-likeness (QED) is 0.223. The Balaban J connectivity index is 2.79. The van der Waals surface area contributed by atoms with E-state index >= 15 is 0 Å². The van der Waals surface area contributed by atoms with Crippen LogP contribution in [0.3, 0.4) is 0 Å². The molecule has 1 aromatic carbocycles. The molecule has 1 aliphatic heterocycles. The van der Waals surface area contributed by atoms with Gasteiger partial charge in [0.25, 0.3) is 0 Å². The molecule has 0 saturated carbocycles. The predicted octanol–water partition coefficient (Wildman–Crippen LogP) is 3.10. The summed E-state index contributed by atoms with van der Waals surface area (Å²) in [5, 5.41) is 0. The van der Waals surface area contributed by atoms with Crippen LogP contribution in [0.4, 0.5) is 52.7 Å². The first-order chi connectivity index (χ1) is 20.9. The van der Waals surface area contributed by atoms with Gasteiger partial charge in [0.1, 0.15) is 24.0 Å². The smallest absolute Gasteiger partial charge is 0.465 e. The van der Waals surface area contributed by atoms with Crippen LogP contribution in [-0.2, 0) is 47.6 Å². The number of alkyl halides is 12. The zero-order chi connectivity index (χ0) is 35.4. The SMILES string of the molecule is COC(=O)c1ccccc1OC1O[C@H](COC(=O)C(F)(F)F)[C@@H](OC(=O)C(F)(F)F)[C@H](OC(=O)C(F)(F)F)[C@H]1OC(=O)C(F)(F)F. The summed E-state index contributed by atoms with van der Waals surface area (Å²) in [5.74, 6) is -15.5. The van der Waals surface area contributed by atoms with E-state index in [9.17, 15) is 76.7 Å². The van der Waals surface area contributed by atoms with Crippen molar-refractivity contribution in [2.75, 3.05) is 13.7 Å². The lowest BCUT2D eigenvalue weighted by atomic mass is 9.98. The monoisotopic (exact) mass is 698 g/mol. The van der Waals surface area contributed by atoms with E-state index in [1.165, 1.54) is 0 Å². The van der Waals surface area contributed by atoms with Gasteiger partial charge in [0, 0.05) is 0 Å². The molecule has 1 aromatic rings. The van der Waals surface area contributed by atoms with Crippen LogP contribution in [0.25, 0.3) is 0 Å². The molecule has 12 nitrogen and oxygen atoms in total. The van der Waals surface area contributed by atoms with Gasteiger partial charge in [-0.3, -0.25) is 0 Å². The van der Waals surface area contributed by atoms with Crippen LogP contribution >= 0.6 is 0 Å². The van der Waals surface area contributed by atoms with Crippen molar-refractivity contribution in [3.63, 3.8) is 0 Å². The Kier molecular flexibility index (Phi) is 11.4. The van der Waals surface area contributed by atoms with Gasteiger partial charge in [0.05, 0.1) is 7.11 Å². The standard InChI is InChI=1S/C22H14F12O12/c1-40-13(35)7-4-2-3-5-8(7)42-14-12(46-18(39)22(32,33)34)11(45-17(38)21(29,30)31)10(44-16(37)20(26,27)28)9(43-14)6-41-15(36)19(23,24)25/h2-5,9-12,14H,6H2,1H3/t9-,10-,11+,12-,14?/m1/s1. The average molecular weight is 698 g/mol. The number of carbonyl (C=O) groups excluding carboxylic acids is 5. The van der Waals surface area contributed by atoms with Gasteiger partial charge in [-0.05, 0) is 12.1 Å². The van der Waals surface area contributed by atoms with Crippen LogP contribution in [0.2, 0.25) is 0 Å². The normalized spacial score (nSPS) is 22.2. The number of esters is 5. The molecule has 0 amide bonds. The molecule has 46 heavy (non-hydrogen) atoms. The summed E-state index contributed by atoms with van der Waals surface area (Å²) in [4.78, 5) is 58.3. The van der Waals surface area contributed by atoms with E-state index in [1.807, 2.05) is 0 Å². The average Bonchev–Trinajstić information content (AvgIpc) is 2.92. The van der Waals surface area contributed by atoms with Gasteiger partial charge < -0.3 is 33.2 Å². The highest BCUT2D eigenvalue weighted by Gasteiger charge is 2.59. The van der Waals surface area contributed by atoms with Crippen molar-refractivity contribution in [3.8, 4) is 5.75 Å². The molecule has 1 aliphatic rings. The highest BCUT2D eigenvalue weighted by molar-refractivity contribution is 5.92. The summed E-state index contributed by atoms with van der Waals surface area (Å²) < 4.78 is 186. The predicted molar refractivity (Wildman–Crippen MR) is 112 cm³/mol. The van der Waals surface area contributed by atoms with Crippen molar-refractivity contribution >= 4 is 29.8 Å². The Labute approximate surface area is 245 Å². The van der Waals surface area contributed by atoms with Crippen LogP contribution in [0.15, 0.2) is 24.3 Å². The first kappa shape index (κ1) is 37.7. The van der Waals surface area contributed by atoms with Crippen molar-refractivity contribution in [1.82, 2.24) is 0 Å². The first-order valence-corrected chi connectivity index (χ1v) is 11.4. The molecule has 258 valence electrons. The summed E-state index contributed by atoms with van der Waals surface area (Å²) in [6.45, 7) is -2.04. The van der Waals surface area contributed by atoms with Crippen molar-refractivity contribution in [3.05, 3.63) is 29.8 Å². The first-order valence-electron chi connectivity index (χ1n) is 11.4. The third-order valence-corrected chi connectivity index (χ3v) is 5.16. The van der Waals surface area contributed by atoms with Crippen LogP contribution in [-0.4, -0.2) is 99.0 Å². The molecule has 1 unspecified atom stereocenters. The van der Waals surface area contributed by atoms with Crippen LogP contribution in [0, 0.1) is 0 Å². The number of hydrogen-bond donors (Lipinski definition) is 0. The van der Waals surface area contributed by atoms with E-state index in [4.69, 9.17) is 9.47 Å². The Hall–Kier alpha value is -4.51. The van der Waals surface area contributed by atoms with Gasteiger partial charge >= 0.3 is 54.6 Å². The third-order valence-electron chi connectivity index (χ3n) is 5.16. The fourth-order valence-electron chi connectivity index (χ4n) is 3.29. The molecule has 0 aliphatic carbocycles. The molecule has 1 heterocycles. The third kappa shape index (κ3) is 9.74. The maximum absolute atomic E-state index is 13.1. The summed E-state index contributed by atoms with van der Waals surface area (Å²) >= 11 is 0. The fourth-order valence-corrected chi connectivity index (χ4v) is 3.29. The van der Waals surface area contributed by atoms with Crippen LogP contribution in [0.1, 0.15) is 10.4 Å². The minimum absolute atomic E-state index is 0.663. The molecule has 0 radical (unpaired) electrons. The number of benzene rings is 1. The molecule has 0 spiro atoms. The van der Waals surface area contributed by atoms with Crippen molar-refractivity contribution in [1.29, 1.82) is 0 Å². The van der Waals surface area contributed by atoms with Crippen molar-refractivity contribution in [2.45, 2.75) is 55.4 Å². The molecule has 1 saturated heterocycles. The van der Waals surface area contributed by atoms with E-state index < -0.39 is 103 Å². The zero-order valence-electron chi connectivity index (χ0n) is 21.8. The molecule has 2 rings (SSSR count). The number of halogens is 12. The molecule has 0 N–H and O–H groups in total. The Morgan fingerprint density at radius 3 is 1.54 bits per heavy atom. The molecule has 24 heteroatoms. The summed E-state index contributed by atoms with van der Waals surface area (Å²) in [7, 11) is 0.793. The lowest BCUT2D eigenvalue weighted by Crippen LogP contribution is -2.65. The Bertz CT molecular complexity index is 1300. The Morgan fingerprint density at radius 2 is 1.09 bits per heavy atom. The minimum Gasteiger partial charge on any atom is -0.465 e. The lowest BCUT2D eigenvalue weighted by Gasteiger charge is -2.44. The van der Waals surface area contributed by atoms with Crippen LogP contribution in [0.5, 0.6) is 5.75 Å². The lowest BCUT2D eigenvalue weighted by molar-refractivity contribution is -0.306. The molecular weight excluding hydrogens is 684 g/mol. The molecular formula is C22H14F12O12. The van der Waals surface area contributed by atoms with E-state index in [0.717, 1.165) is 31.4 Å². The highest BCUT2D eigenvalue weighted by Crippen LogP contribution is 2.35. The second kappa shape index (κ2) is 13.9. The van der Waals surface area contributed by atoms with E-state index in [-0.39, 0.29) is 0 Å². The van der Waals surface area contributed by atoms with E-state index in [1.54, 1.807) is 0 Å². The van der Waals surface area contributed by atoms with Gasteiger partial charge in [0.2, 0.25) is 12.4 Å². The minimum atomic E-state index is -6.12. The number of hydrogen-bond acceptors (Lipinski definition) is 12. The molecule has 0 bridgehead atoms. The second-order valence-electron chi connectivity index (χ2n) is 8.35. The number of carbonyl (C=O) groups is 5.